The average molecular weight is 286 g/mol. The smallest absolute Gasteiger partial charge is 0.0480 e. The van der Waals surface area contributed by atoms with E-state index in [1.165, 1.54) is 51.6 Å². The molecule has 0 spiro atoms. The molecule has 1 aromatic rings. The van der Waals surface area contributed by atoms with Gasteiger partial charge in [-0.2, -0.15) is 0 Å². The lowest BCUT2D eigenvalue weighted by molar-refractivity contribution is 0.0409. The van der Waals surface area contributed by atoms with Crippen LogP contribution in [0.3, 0.4) is 0 Å². The summed E-state index contributed by atoms with van der Waals surface area (Å²) in [5, 5.41) is 0. The lowest BCUT2D eigenvalue weighted by Crippen LogP contribution is -2.37. The number of fused-ring (bicyclic) bond motifs is 1. The van der Waals surface area contributed by atoms with Gasteiger partial charge < -0.3 is 4.74 Å². The molecule has 0 radical (unpaired) electrons. The molecule has 1 aromatic heterocycles. The van der Waals surface area contributed by atoms with Crippen LogP contribution in [-0.2, 0) is 11.2 Å². The van der Waals surface area contributed by atoms with E-state index < -0.39 is 0 Å². The van der Waals surface area contributed by atoms with E-state index >= 15 is 0 Å². The van der Waals surface area contributed by atoms with Crippen LogP contribution in [0.1, 0.15) is 49.1 Å². The molecule has 21 heavy (non-hydrogen) atoms. The summed E-state index contributed by atoms with van der Waals surface area (Å²) in [6, 6.07) is 3.01. The number of aromatic nitrogens is 1. The molecule has 0 N–H and O–H groups in total. The van der Waals surface area contributed by atoms with Gasteiger partial charge in [-0.3, -0.25) is 9.88 Å². The maximum Gasteiger partial charge on any atom is 0.0480 e. The predicted molar refractivity (Wildman–Crippen MR) is 83.4 cm³/mol. The van der Waals surface area contributed by atoms with Crippen LogP contribution in [-0.4, -0.2) is 42.2 Å². The number of hydrogen-bond donors (Lipinski definition) is 0. The van der Waals surface area contributed by atoms with Crippen molar-refractivity contribution in [3.05, 3.63) is 29.6 Å². The first kappa shape index (κ1) is 13.7. The highest BCUT2D eigenvalue weighted by Crippen LogP contribution is 2.39. The van der Waals surface area contributed by atoms with Crippen molar-refractivity contribution in [2.45, 2.75) is 50.5 Å². The highest BCUT2D eigenvalue weighted by atomic mass is 16.5. The quantitative estimate of drug-likeness (QED) is 0.854. The third-order valence-electron chi connectivity index (χ3n) is 5.79. The molecule has 0 amide bonds. The minimum absolute atomic E-state index is 0.772. The first-order valence-corrected chi connectivity index (χ1v) is 8.65. The summed E-state index contributed by atoms with van der Waals surface area (Å²) in [7, 11) is 0. The number of aryl methyl sites for hydroxylation is 1. The summed E-state index contributed by atoms with van der Waals surface area (Å²) in [6.07, 6.45) is 11.9. The Balaban J connectivity index is 1.35. The summed E-state index contributed by atoms with van der Waals surface area (Å²) in [5.41, 5.74) is 3.09. The second-order valence-electron chi connectivity index (χ2n) is 7.04. The molecular formula is C18H26N2O. The third-order valence-corrected chi connectivity index (χ3v) is 5.79. The number of likely N-dealkylation sites (tertiary alicyclic amines) is 1. The Hall–Kier alpha value is -0.930. The molecule has 114 valence electrons. The number of hydrogen-bond acceptors (Lipinski definition) is 3. The topological polar surface area (TPSA) is 25.4 Å². The van der Waals surface area contributed by atoms with Gasteiger partial charge in [0.25, 0.3) is 0 Å². The van der Waals surface area contributed by atoms with Gasteiger partial charge in [0.1, 0.15) is 0 Å². The van der Waals surface area contributed by atoms with Crippen LogP contribution < -0.4 is 0 Å². The van der Waals surface area contributed by atoms with E-state index in [0.29, 0.717) is 0 Å². The van der Waals surface area contributed by atoms with Gasteiger partial charge >= 0.3 is 0 Å². The first-order valence-electron chi connectivity index (χ1n) is 8.65. The van der Waals surface area contributed by atoms with E-state index in [0.717, 1.165) is 31.1 Å². The van der Waals surface area contributed by atoms with Crippen LogP contribution >= 0.6 is 0 Å². The van der Waals surface area contributed by atoms with E-state index in [-0.39, 0.29) is 0 Å². The van der Waals surface area contributed by atoms with Crippen LogP contribution in [0.5, 0.6) is 0 Å². The van der Waals surface area contributed by atoms with Gasteiger partial charge in [-0.25, -0.2) is 0 Å². The van der Waals surface area contributed by atoms with Gasteiger partial charge in [0, 0.05) is 38.2 Å². The molecule has 0 saturated carbocycles. The average Bonchev–Trinajstić information content (AvgIpc) is 3.17. The molecule has 1 aliphatic carbocycles. The molecule has 0 bridgehead atoms. The zero-order chi connectivity index (χ0) is 14.1. The molecule has 3 heterocycles. The Morgan fingerprint density at radius 3 is 3.00 bits per heavy atom. The highest BCUT2D eigenvalue weighted by molar-refractivity contribution is 5.32. The Morgan fingerprint density at radius 2 is 2.10 bits per heavy atom. The Bertz CT molecular complexity index is 484. The summed E-state index contributed by atoms with van der Waals surface area (Å²) < 4.78 is 5.50. The van der Waals surface area contributed by atoms with E-state index in [9.17, 15) is 0 Å². The van der Waals surface area contributed by atoms with E-state index in [1.54, 1.807) is 11.1 Å². The van der Waals surface area contributed by atoms with Crippen LogP contribution in [0.2, 0.25) is 0 Å². The van der Waals surface area contributed by atoms with Crippen molar-refractivity contribution < 1.29 is 4.74 Å². The molecular weight excluding hydrogens is 260 g/mol. The molecule has 2 aliphatic heterocycles. The van der Waals surface area contributed by atoms with Gasteiger partial charge in [0.15, 0.2) is 0 Å². The molecule has 2 fully saturated rings. The Kier molecular flexibility index (Phi) is 3.95. The minimum atomic E-state index is 0.772. The monoisotopic (exact) mass is 286 g/mol. The Morgan fingerprint density at radius 1 is 1.19 bits per heavy atom. The maximum atomic E-state index is 5.50. The molecule has 2 saturated heterocycles. The van der Waals surface area contributed by atoms with E-state index in [1.807, 2.05) is 6.20 Å². The zero-order valence-electron chi connectivity index (χ0n) is 12.8. The molecule has 2 atom stereocenters. The molecule has 3 aliphatic rings. The molecule has 3 heteroatoms. The lowest BCUT2D eigenvalue weighted by Gasteiger charge is -2.31. The molecule has 4 rings (SSSR count). The zero-order valence-corrected chi connectivity index (χ0v) is 12.8. The summed E-state index contributed by atoms with van der Waals surface area (Å²) in [6.45, 7) is 4.56. The molecule has 2 unspecified atom stereocenters. The molecule has 0 aromatic carbocycles. The summed E-state index contributed by atoms with van der Waals surface area (Å²) in [4.78, 5) is 7.09. The maximum absolute atomic E-state index is 5.50. The second-order valence-corrected chi connectivity index (χ2v) is 7.04. The normalized spacial score (nSPS) is 30.7. The largest absolute Gasteiger partial charge is 0.381 e. The van der Waals surface area contributed by atoms with Crippen LogP contribution in [0.4, 0.5) is 0 Å². The van der Waals surface area contributed by atoms with Crippen molar-refractivity contribution in [1.29, 1.82) is 0 Å². The minimum Gasteiger partial charge on any atom is -0.381 e. The van der Waals surface area contributed by atoms with Crippen LogP contribution in [0, 0.1) is 5.92 Å². The van der Waals surface area contributed by atoms with E-state index in [2.05, 4.69) is 22.1 Å². The fourth-order valence-electron chi connectivity index (χ4n) is 4.60. The fraction of sp³-hybridized carbons (Fsp3) is 0.722. The van der Waals surface area contributed by atoms with Crippen molar-refractivity contribution in [3.63, 3.8) is 0 Å². The van der Waals surface area contributed by atoms with Crippen LogP contribution in [0.25, 0.3) is 0 Å². The number of pyridine rings is 1. The van der Waals surface area contributed by atoms with Crippen molar-refractivity contribution in [3.8, 4) is 0 Å². The van der Waals surface area contributed by atoms with Gasteiger partial charge in [-0.15, -0.1) is 0 Å². The summed E-state index contributed by atoms with van der Waals surface area (Å²) >= 11 is 0. The lowest BCUT2D eigenvalue weighted by atomic mass is 9.90. The van der Waals surface area contributed by atoms with Crippen LogP contribution in [0.15, 0.2) is 18.5 Å². The third kappa shape index (κ3) is 2.86. The van der Waals surface area contributed by atoms with Gasteiger partial charge in [0.05, 0.1) is 0 Å². The number of nitrogens with zero attached hydrogens (tertiary/aromatic N) is 2. The fourth-order valence-corrected chi connectivity index (χ4v) is 4.60. The number of ether oxygens (including phenoxy) is 1. The van der Waals surface area contributed by atoms with Crippen molar-refractivity contribution in [2.24, 2.45) is 5.92 Å². The van der Waals surface area contributed by atoms with Gasteiger partial charge in [0.2, 0.25) is 0 Å². The van der Waals surface area contributed by atoms with E-state index in [4.69, 9.17) is 4.74 Å². The SMILES string of the molecule is c1cc2c(cn1)C(CC1CCN(C3CCOCC3)C1)CC2. The van der Waals surface area contributed by atoms with Gasteiger partial charge in [-0.05, 0) is 74.1 Å². The second kappa shape index (κ2) is 6.05. The van der Waals surface area contributed by atoms with Crippen molar-refractivity contribution in [1.82, 2.24) is 9.88 Å². The molecule has 3 nitrogen and oxygen atoms in total. The number of rotatable bonds is 3. The standard InChI is InChI=1S/C18H26N2O/c1-2-16(18-12-19-7-3-15(1)18)11-14-4-8-20(13-14)17-5-9-21-10-6-17/h3,7,12,14,16-17H,1-2,4-6,8-11,13H2. The highest BCUT2D eigenvalue weighted by Gasteiger charge is 2.32. The van der Waals surface area contributed by atoms with Crippen molar-refractivity contribution in [2.75, 3.05) is 26.3 Å². The summed E-state index contributed by atoms with van der Waals surface area (Å²) in [5.74, 6) is 1.66. The van der Waals surface area contributed by atoms with Gasteiger partial charge in [-0.1, -0.05) is 0 Å². The predicted octanol–water partition coefficient (Wildman–Crippen LogP) is 3.00. The van der Waals surface area contributed by atoms with Crippen molar-refractivity contribution >= 4 is 0 Å². The Labute approximate surface area is 127 Å². The first-order chi connectivity index (χ1) is 10.4.